The maximum Gasteiger partial charge on any atom is 0.338 e. The largest absolute Gasteiger partial charge is 0.464 e. The van der Waals surface area contributed by atoms with Crippen LogP contribution in [0.2, 0.25) is 0 Å². The minimum Gasteiger partial charge on any atom is -0.464 e. The first kappa shape index (κ1) is 11.5. The Morgan fingerprint density at radius 2 is 2.00 bits per heavy atom. The highest BCUT2D eigenvalue weighted by Crippen LogP contribution is 2.30. The van der Waals surface area contributed by atoms with Crippen LogP contribution >= 0.6 is 0 Å². The molecule has 0 aliphatic carbocycles. The van der Waals surface area contributed by atoms with Gasteiger partial charge in [0.2, 0.25) is 0 Å². The van der Waals surface area contributed by atoms with Gasteiger partial charge in [0.1, 0.15) is 0 Å². The molecule has 2 atom stereocenters. The molecule has 1 heterocycles. The summed E-state index contributed by atoms with van der Waals surface area (Å²) in [5, 5.41) is 0. The number of carbonyl (C=O) groups is 1. The SMILES string of the molecule is CCOC(=O)C1OC(C)(C)OC1CC. The van der Waals surface area contributed by atoms with Crippen LogP contribution in [-0.2, 0) is 19.0 Å². The van der Waals surface area contributed by atoms with Crippen molar-refractivity contribution in [3.63, 3.8) is 0 Å². The summed E-state index contributed by atoms with van der Waals surface area (Å²) in [5.74, 6) is -1.01. The molecule has 0 aromatic rings. The van der Waals surface area contributed by atoms with Crippen molar-refractivity contribution in [1.29, 1.82) is 0 Å². The Balaban J connectivity index is 2.63. The van der Waals surface area contributed by atoms with Crippen LogP contribution in [0.4, 0.5) is 0 Å². The number of hydrogen-bond donors (Lipinski definition) is 0. The smallest absolute Gasteiger partial charge is 0.338 e. The summed E-state index contributed by atoms with van der Waals surface area (Å²) in [6, 6.07) is 0. The normalized spacial score (nSPS) is 30.3. The first-order chi connectivity index (χ1) is 6.50. The molecule has 0 saturated carbocycles. The van der Waals surface area contributed by atoms with Crippen LogP contribution in [0.3, 0.4) is 0 Å². The van der Waals surface area contributed by atoms with E-state index in [1.165, 1.54) is 0 Å². The summed E-state index contributed by atoms with van der Waals surface area (Å²) in [6.07, 6.45) is -0.0218. The molecule has 0 aromatic heterocycles. The first-order valence-electron chi connectivity index (χ1n) is 5.02. The second kappa shape index (κ2) is 4.28. The standard InChI is InChI=1S/C10H18O4/c1-5-7-8(9(11)12-6-2)14-10(3,4)13-7/h7-8H,5-6H2,1-4H3. The molecule has 0 amide bonds. The van der Waals surface area contributed by atoms with Crippen molar-refractivity contribution >= 4 is 5.97 Å². The molecule has 1 aliphatic heterocycles. The second-order valence-electron chi connectivity index (χ2n) is 3.75. The molecular formula is C10H18O4. The molecule has 14 heavy (non-hydrogen) atoms. The Morgan fingerprint density at radius 1 is 1.36 bits per heavy atom. The van der Waals surface area contributed by atoms with Gasteiger partial charge in [-0.25, -0.2) is 4.79 Å². The highest BCUT2D eigenvalue weighted by Gasteiger charge is 2.44. The van der Waals surface area contributed by atoms with Gasteiger partial charge in [-0.05, 0) is 27.2 Å². The molecule has 4 nitrogen and oxygen atoms in total. The molecule has 1 rings (SSSR count). The monoisotopic (exact) mass is 202 g/mol. The van der Waals surface area contributed by atoms with Crippen LogP contribution in [0.25, 0.3) is 0 Å². The fourth-order valence-electron chi connectivity index (χ4n) is 1.56. The predicted octanol–water partition coefficient (Wildman–Crippen LogP) is 1.48. The number of carbonyl (C=O) groups excluding carboxylic acids is 1. The molecule has 1 saturated heterocycles. The Morgan fingerprint density at radius 3 is 2.50 bits per heavy atom. The molecule has 1 fully saturated rings. The maximum absolute atomic E-state index is 11.5. The van der Waals surface area contributed by atoms with Crippen molar-refractivity contribution in [2.75, 3.05) is 6.61 Å². The molecule has 0 spiro atoms. The zero-order chi connectivity index (χ0) is 10.8. The van der Waals surface area contributed by atoms with E-state index >= 15 is 0 Å². The Bertz CT molecular complexity index is 212. The predicted molar refractivity (Wildman–Crippen MR) is 50.7 cm³/mol. The van der Waals surface area contributed by atoms with E-state index in [1.807, 2.05) is 6.92 Å². The Hall–Kier alpha value is -0.610. The van der Waals surface area contributed by atoms with Gasteiger partial charge < -0.3 is 14.2 Å². The summed E-state index contributed by atoms with van der Waals surface area (Å²) >= 11 is 0. The van der Waals surface area contributed by atoms with Gasteiger partial charge in [0.05, 0.1) is 12.7 Å². The van der Waals surface area contributed by atoms with E-state index in [1.54, 1.807) is 20.8 Å². The van der Waals surface area contributed by atoms with E-state index < -0.39 is 11.9 Å². The van der Waals surface area contributed by atoms with Crippen molar-refractivity contribution in [3.05, 3.63) is 0 Å². The molecule has 0 radical (unpaired) electrons. The maximum atomic E-state index is 11.5. The van der Waals surface area contributed by atoms with Crippen molar-refractivity contribution < 1.29 is 19.0 Å². The molecule has 4 heteroatoms. The zero-order valence-corrected chi connectivity index (χ0v) is 9.20. The first-order valence-corrected chi connectivity index (χ1v) is 5.02. The van der Waals surface area contributed by atoms with E-state index in [0.29, 0.717) is 6.61 Å². The summed E-state index contributed by atoms with van der Waals surface area (Å²) in [7, 11) is 0. The average Bonchev–Trinajstić information content (AvgIpc) is 2.41. The van der Waals surface area contributed by atoms with Crippen LogP contribution in [0, 0.1) is 0 Å². The fourth-order valence-corrected chi connectivity index (χ4v) is 1.56. The third kappa shape index (κ3) is 2.45. The summed E-state index contributed by atoms with van der Waals surface area (Å²) in [6.45, 7) is 7.71. The minimum absolute atomic E-state index is 0.191. The highest BCUT2D eigenvalue weighted by molar-refractivity contribution is 5.75. The molecule has 82 valence electrons. The third-order valence-corrected chi connectivity index (χ3v) is 2.10. The number of rotatable bonds is 3. The van der Waals surface area contributed by atoms with E-state index in [-0.39, 0.29) is 12.1 Å². The number of hydrogen-bond acceptors (Lipinski definition) is 4. The summed E-state index contributed by atoms with van der Waals surface area (Å²) in [4.78, 5) is 11.5. The second-order valence-corrected chi connectivity index (χ2v) is 3.75. The lowest BCUT2D eigenvalue weighted by Crippen LogP contribution is -2.32. The van der Waals surface area contributed by atoms with Gasteiger partial charge >= 0.3 is 5.97 Å². The van der Waals surface area contributed by atoms with Gasteiger partial charge in [0.15, 0.2) is 11.9 Å². The van der Waals surface area contributed by atoms with Crippen LogP contribution in [0.15, 0.2) is 0 Å². The van der Waals surface area contributed by atoms with Gasteiger partial charge in [0.25, 0.3) is 0 Å². The number of esters is 1. The third-order valence-electron chi connectivity index (χ3n) is 2.10. The van der Waals surface area contributed by atoms with Crippen molar-refractivity contribution in [3.8, 4) is 0 Å². The summed E-state index contributed by atoms with van der Waals surface area (Å²) < 4.78 is 15.9. The van der Waals surface area contributed by atoms with Gasteiger partial charge in [-0.15, -0.1) is 0 Å². The van der Waals surface area contributed by atoms with Crippen LogP contribution in [-0.4, -0.2) is 30.6 Å². The van der Waals surface area contributed by atoms with Crippen LogP contribution in [0.5, 0.6) is 0 Å². The van der Waals surface area contributed by atoms with E-state index in [2.05, 4.69) is 0 Å². The molecule has 0 bridgehead atoms. The van der Waals surface area contributed by atoms with Crippen molar-refractivity contribution in [2.24, 2.45) is 0 Å². The molecule has 1 aliphatic rings. The minimum atomic E-state index is -0.682. The molecular weight excluding hydrogens is 184 g/mol. The van der Waals surface area contributed by atoms with Crippen LogP contribution < -0.4 is 0 Å². The van der Waals surface area contributed by atoms with E-state index in [0.717, 1.165) is 6.42 Å². The quantitative estimate of drug-likeness (QED) is 0.650. The molecule has 2 unspecified atom stereocenters. The van der Waals surface area contributed by atoms with Gasteiger partial charge in [-0.1, -0.05) is 6.92 Å². The Labute approximate surface area is 84.5 Å². The van der Waals surface area contributed by atoms with Gasteiger partial charge in [-0.3, -0.25) is 0 Å². The van der Waals surface area contributed by atoms with Gasteiger partial charge in [0, 0.05) is 0 Å². The van der Waals surface area contributed by atoms with Crippen molar-refractivity contribution in [2.45, 2.75) is 52.1 Å². The van der Waals surface area contributed by atoms with Crippen LogP contribution in [0.1, 0.15) is 34.1 Å². The molecule has 0 N–H and O–H groups in total. The Kier molecular flexibility index (Phi) is 3.50. The highest BCUT2D eigenvalue weighted by atomic mass is 16.8. The van der Waals surface area contributed by atoms with E-state index in [4.69, 9.17) is 14.2 Å². The van der Waals surface area contributed by atoms with E-state index in [9.17, 15) is 4.79 Å². The average molecular weight is 202 g/mol. The lowest BCUT2D eigenvalue weighted by atomic mass is 10.1. The zero-order valence-electron chi connectivity index (χ0n) is 9.20. The number of ether oxygens (including phenoxy) is 3. The topological polar surface area (TPSA) is 44.8 Å². The lowest BCUT2D eigenvalue weighted by Gasteiger charge is -2.16. The fraction of sp³-hybridized carbons (Fsp3) is 0.900. The molecule has 0 aromatic carbocycles. The van der Waals surface area contributed by atoms with Gasteiger partial charge in [-0.2, -0.15) is 0 Å². The summed E-state index contributed by atoms with van der Waals surface area (Å²) in [5.41, 5.74) is 0. The lowest BCUT2D eigenvalue weighted by molar-refractivity contribution is -0.170. The van der Waals surface area contributed by atoms with Crippen molar-refractivity contribution in [1.82, 2.24) is 0 Å².